The minimum atomic E-state index is 0.0594. The molecule has 0 saturated heterocycles. The normalized spacial score (nSPS) is 13.5. The minimum absolute atomic E-state index is 0.0594. The predicted octanol–water partition coefficient (Wildman–Crippen LogP) is 5.21. The minimum Gasteiger partial charge on any atom is -0.507 e. The second-order valence-electron chi connectivity index (χ2n) is 6.76. The van der Waals surface area contributed by atoms with Gasteiger partial charge in [0.15, 0.2) is 0 Å². The summed E-state index contributed by atoms with van der Waals surface area (Å²) in [5.41, 5.74) is 7.43. The van der Waals surface area contributed by atoms with Crippen LogP contribution >= 0.6 is 0 Å². The van der Waals surface area contributed by atoms with Crippen LogP contribution in [0.3, 0.4) is 0 Å². The lowest BCUT2D eigenvalue weighted by Crippen LogP contribution is -2.14. The maximum Gasteiger partial charge on any atom is 0.134 e. The zero-order valence-corrected chi connectivity index (χ0v) is 14.9. The van der Waals surface area contributed by atoms with Gasteiger partial charge in [0.05, 0.1) is 0 Å². The lowest BCUT2D eigenvalue weighted by atomic mass is 9.80. The summed E-state index contributed by atoms with van der Waals surface area (Å²) >= 11 is 0. The molecule has 3 heteroatoms. The average molecular weight is 312 g/mol. The Kier molecular flexibility index (Phi) is 3.36. The van der Waals surface area contributed by atoms with Gasteiger partial charge in [0, 0.05) is 17.0 Å². The van der Waals surface area contributed by atoms with E-state index in [0.717, 1.165) is 56.0 Å². The van der Waals surface area contributed by atoms with Crippen molar-refractivity contribution in [2.75, 3.05) is 0 Å². The van der Waals surface area contributed by atoms with Crippen molar-refractivity contribution in [1.82, 2.24) is 0 Å². The van der Waals surface area contributed by atoms with Crippen LogP contribution in [0.2, 0.25) is 0 Å². The number of hydrogen-bond donors (Lipinski definition) is 2. The maximum atomic E-state index is 10.4. The number of benzene rings is 2. The molecule has 0 fully saturated rings. The topological polar surface area (TPSA) is 49.7 Å². The third-order valence-electron chi connectivity index (χ3n) is 5.59. The molecule has 122 valence electrons. The standard InChI is InChI=1S/C20H24O3/c1-8-10(3)19-15(13(6)17(8)21)12(5)16-14(7)18(22)9(2)11(4)20(16)23-19/h12,21-22H,1-7H3. The van der Waals surface area contributed by atoms with Crippen molar-refractivity contribution in [2.24, 2.45) is 0 Å². The predicted molar refractivity (Wildman–Crippen MR) is 92.2 cm³/mol. The van der Waals surface area contributed by atoms with Crippen LogP contribution in [0.15, 0.2) is 0 Å². The summed E-state index contributed by atoms with van der Waals surface area (Å²) in [6.07, 6.45) is 0. The summed E-state index contributed by atoms with van der Waals surface area (Å²) < 4.78 is 6.32. The Morgan fingerprint density at radius 1 is 0.609 bits per heavy atom. The van der Waals surface area contributed by atoms with E-state index in [-0.39, 0.29) is 5.92 Å². The van der Waals surface area contributed by atoms with E-state index in [1.54, 1.807) is 0 Å². The van der Waals surface area contributed by atoms with E-state index in [1.807, 2.05) is 41.5 Å². The molecule has 0 unspecified atom stereocenters. The van der Waals surface area contributed by atoms with Crippen LogP contribution in [0, 0.1) is 41.5 Å². The number of rotatable bonds is 0. The first kappa shape index (κ1) is 15.7. The number of phenolic OH excluding ortho intramolecular Hbond substituents is 2. The van der Waals surface area contributed by atoms with Crippen molar-refractivity contribution in [2.45, 2.75) is 54.4 Å². The highest BCUT2D eigenvalue weighted by Crippen LogP contribution is 2.54. The molecular weight excluding hydrogens is 288 g/mol. The molecule has 0 aromatic heterocycles. The number of phenols is 2. The third-order valence-corrected chi connectivity index (χ3v) is 5.59. The molecule has 0 saturated carbocycles. The second-order valence-corrected chi connectivity index (χ2v) is 6.76. The Bertz CT molecular complexity index is 778. The van der Waals surface area contributed by atoms with E-state index in [2.05, 4.69) is 6.92 Å². The molecule has 0 spiro atoms. The molecular formula is C20H24O3. The maximum absolute atomic E-state index is 10.4. The number of ether oxygens (including phenoxy) is 1. The van der Waals surface area contributed by atoms with Crippen LogP contribution in [0.1, 0.15) is 57.3 Å². The summed E-state index contributed by atoms with van der Waals surface area (Å²) in [5.74, 6) is 2.44. The van der Waals surface area contributed by atoms with Crippen molar-refractivity contribution in [3.63, 3.8) is 0 Å². The van der Waals surface area contributed by atoms with Gasteiger partial charge in [-0.1, -0.05) is 6.92 Å². The fourth-order valence-electron chi connectivity index (χ4n) is 3.81. The van der Waals surface area contributed by atoms with Crippen LogP contribution in [-0.2, 0) is 0 Å². The quantitative estimate of drug-likeness (QED) is 0.702. The Hall–Kier alpha value is -2.16. The Balaban J connectivity index is 2.40. The fourth-order valence-corrected chi connectivity index (χ4v) is 3.81. The van der Waals surface area contributed by atoms with Crippen molar-refractivity contribution in [3.8, 4) is 23.0 Å². The van der Waals surface area contributed by atoms with Crippen molar-refractivity contribution in [3.05, 3.63) is 44.5 Å². The zero-order valence-electron chi connectivity index (χ0n) is 14.9. The molecule has 2 aromatic carbocycles. The second kappa shape index (κ2) is 4.92. The summed E-state index contributed by atoms with van der Waals surface area (Å²) in [5, 5.41) is 20.9. The molecule has 1 aliphatic heterocycles. The van der Waals surface area contributed by atoms with Crippen LogP contribution in [0.25, 0.3) is 0 Å². The van der Waals surface area contributed by atoms with Crippen LogP contribution in [-0.4, -0.2) is 10.2 Å². The third kappa shape index (κ3) is 1.89. The molecule has 2 aromatic rings. The molecule has 1 heterocycles. The summed E-state index contributed by atoms with van der Waals surface area (Å²) in [6, 6.07) is 0. The van der Waals surface area contributed by atoms with Gasteiger partial charge >= 0.3 is 0 Å². The lowest BCUT2D eigenvalue weighted by molar-refractivity contribution is 0.420. The van der Waals surface area contributed by atoms with Crippen LogP contribution in [0.5, 0.6) is 23.0 Å². The van der Waals surface area contributed by atoms with Crippen molar-refractivity contribution in [1.29, 1.82) is 0 Å². The molecule has 3 rings (SSSR count). The lowest BCUT2D eigenvalue weighted by Gasteiger charge is -2.33. The van der Waals surface area contributed by atoms with Crippen molar-refractivity contribution >= 4 is 0 Å². The first-order valence-electron chi connectivity index (χ1n) is 8.01. The highest BCUT2D eigenvalue weighted by atomic mass is 16.5. The Labute approximate surface area is 137 Å². The first-order valence-corrected chi connectivity index (χ1v) is 8.01. The summed E-state index contributed by atoms with van der Waals surface area (Å²) in [7, 11) is 0. The molecule has 0 radical (unpaired) electrons. The SMILES string of the molecule is Cc1c(C)c2c(c(C)c1O)C(C)c1c(C)c(O)c(C)c(C)c1O2. The molecule has 1 aliphatic rings. The van der Waals surface area contributed by atoms with Crippen LogP contribution < -0.4 is 4.74 Å². The van der Waals surface area contributed by atoms with E-state index in [1.165, 1.54) is 0 Å². The van der Waals surface area contributed by atoms with Crippen molar-refractivity contribution < 1.29 is 14.9 Å². The molecule has 0 amide bonds. The van der Waals surface area contributed by atoms with Crippen LogP contribution in [0.4, 0.5) is 0 Å². The average Bonchev–Trinajstić information content (AvgIpc) is 2.53. The van der Waals surface area contributed by atoms with E-state index in [4.69, 9.17) is 4.74 Å². The summed E-state index contributed by atoms with van der Waals surface area (Å²) in [4.78, 5) is 0. The van der Waals surface area contributed by atoms with Gasteiger partial charge < -0.3 is 14.9 Å². The van der Waals surface area contributed by atoms with Gasteiger partial charge in [-0.3, -0.25) is 0 Å². The van der Waals surface area contributed by atoms with Gasteiger partial charge in [-0.25, -0.2) is 0 Å². The van der Waals surface area contributed by atoms with E-state index in [0.29, 0.717) is 11.5 Å². The highest BCUT2D eigenvalue weighted by molar-refractivity contribution is 5.69. The smallest absolute Gasteiger partial charge is 0.134 e. The summed E-state index contributed by atoms with van der Waals surface area (Å²) in [6.45, 7) is 13.8. The number of hydrogen-bond acceptors (Lipinski definition) is 3. The molecule has 23 heavy (non-hydrogen) atoms. The number of aromatic hydroxyl groups is 2. The van der Waals surface area contributed by atoms with E-state index < -0.39 is 0 Å². The van der Waals surface area contributed by atoms with E-state index in [9.17, 15) is 10.2 Å². The highest BCUT2D eigenvalue weighted by Gasteiger charge is 2.33. The molecule has 0 aliphatic carbocycles. The largest absolute Gasteiger partial charge is 0.507 e. The number of fused-ring (bicyclic) bond motifs is 2. The Morgan fingerprint density at radius 3 is 1.30 bits per heavy atom. The van der Waals surface area contributed by atoms with Gasteiger partial charge in [-0.2, -0.15) is 0 Å². The molecule has 3 nitrogen and oxygen atoms in total. The van der Waals surface area contributed by atoms with Gasteiger partial charge in [-0.15, -0.1) is 0 Å². The molecule has 0 atom stereocenters. The monoisotopic (exact) mass is 312 g/mol. The van der Waals surface area contributed by atoms with Gasteiger partial charge in [0.25, 0.3) is 0 Å². The fraction of sp³-hybridized carbons (Fsp3) is 0.400. The Morgan fingerprint density at radius 2 is 0.957 bits per heavy atom. The molecule has 2 N–H and O–H groups in total. The van der Waals surface area contributed by atoms with E-state index >= 15 is 0 Å². The molecule has 0 bridgehead atoms. The van der Waals surface area contributed by atoms with Gasteiger partial charge in [-0.05, 0) is 74.9 Å². The van der Waals surface area contributed by atoms with Gasteiger partial charge in [0.1, 0.15) is 23.0 Å². The first-order chi connectivity index (χ1) is 10.7. The van der Waals surface area contributed by atoms with Gasteiger partial charge in [0.2, 0.25) is 0 Å². The zero-order chi connectivity index (χ0) is 17.2.